The average Bonchev–Trinajstić information content (AvgIpc) is 1.97. The van der Waals surface area contributed by atoms with Gasteiger partial charge in [0.25, 0.3) is 0 Å². The van der Waals surface area contributed by atoms with E-state index in [4.69, 9.17) is 0 Å². The zero-order valence-electron chi connectivity index (χ0n) is 5.46. The van der Waals surface area contributed by atoms with E-state index in [1.807, 2.05) is 0 Å². The number of thiol groups is 1. The van der Waals surface area contributed by atoms with Gasteiger partial charge in [-0.3, -0.25) is 0 Å². The fourth-order valence-corrected chi connectivity index (χ4v) is 2.28. The van der Waals surface area contributed by atoms with E-state index in [1.165, 1.54) is 11.8 Å². The van der Waals surface area contributed by atoms with E-state index in [-0.39, 0.29) is 5.25 Å². The highest BCUT2D eigenvalue weighted by atomic mass is 32.2. The van der Waals surface area contributed by atoms with Gasteiger partial charge in [-0.05, 0) is 12.2 Å². The van der Waals surface area contributed by atoms with Crippen LogP contribution >= 0.6 is 24.4 Å². The first-order valence-corrected chi connectivity index (χ1v) is 4.94. The van der Waals surface area contributed by atoms with Crippen molar-refractivity contribution in [3.8, 4) is 0 Å². The summed E-state index contributed by atoms with van der Waals surface area (Å²) in [5, 5.41) is -0.0952. The third kappa shape index (κ3) is 1.78. The van der Waals surface area contributed by atoms with Gasteiger partial charge >= 0.3 is 0 Å². The Morgan fingerprint density at radius 3 is 2.60 bits per heavy atom. The van der Waals surface area contributed by atoms with Gasteiger partial charge in [-0.1, -0.05) is 0 Å². The minimum absolute atomic E-state index is 0.0952. The summed E-state index contributed by atoms with van der Waals surface area (Å²) in [6, 6.07) is 0. The molecule has 1 aliphatic rings. The first-order valence-electron chi connectivity index (χ1n) is 3.26. The van der Waals surface area contributed by atoms with Crippen molar-refractivity contribution in [1.29, 1.82) is 0 Å². The lowest BCUT2D eigenvalue weighted by Gasteiger charge is -2.33. The Morgan fingerprint density at radius 2 is 2.20 bits per heavy atom. The van der Waals surface area contributed by atoms with Crippen LogP contribution in [0.4, 0.5) is 8.78 Å². The smallest absolute Gasteiger partial charge is 0.143 e. The molecule has 1 saturated carbocycles. The van der Waals surface area contributed by atoms with E-state index in [2.05, 4.69) is 12.6 Å². The van der Waals surface area contributed by atoms with E-state index in [0.717, 1.165) is 11.5 Å². The molecule has 0 bridgehead atoms. The molecule has 4 heteroatoms. The van der Waals surface area contributed by atoms with Crippen LogP contribution in [0.3, 0.4) is 0 Å². The standard InChI is InChI=1S/C6H10F2S2/c7-4-3-5(6(4)8)10-2-1-9/h4-6,9H,1-3H2/t4?,5-,6?/m0/s1. The van der Waals surface area contributed by atoms with Crippen molar-refractivity contribution in [2.75, 3.05) is 11.5 Å². The number of thioether (sulfide) groups is 1. The van der Waals surface area contributed by atoms with E-state index in [0.29, 0.717) is 6.42 Å². The van der Waals surface area contributed by atoms with Crippen molar-refractivity contribution in [2.45, 2.75) is 24.0 Å². The summed E-state index contributed by atoms with van der Waals surface area (Å²) < 4.78 is 24.7. The molecule has 0 amide bonds. The van der Waals surface area contributed by atoms with Crippen LogP contribution in [0.1, 0.15) is 6.42 Å². The second-order valence-electron chi connectivity index (χ2n) is 2.33. The van der Waals surface area contributed by atoms with Crippen LogP contribution in [0.15, 0.2) is 0 Å². The summed E-state index contributed by atoms with van der Waals surface area (Å²) in [7, 11) is 0. The molecular weight excluding hydrogens is 174 g/mol. The Labute approximate surface area is 69.2 Å². The van der Waals surface area contributed by atoms with Crippen molar-refractivity contribution in [3.05, 3.63) is 0 Å². The summed E-state index contributed by atoms with van der Waals surface area (Å²) in [6.07, 6.45) is -2.03. The SMILES string of the molecule is FC1C[C@H](SCCS)C1F. The van der Waals surface area contributed by atoms with Gasteiger partial charge in [-0.25, -0.2) is 8.78 Å². The lowest BCUT2D eigenvalue weighted by molar-refractivity contribution is 0.0793. The van der Waals surface area contributed by atoms with Crippen LogP contribution in [0.25, 0.3) is 0 Å². The summed E-state index contributed by atoms with van der Waals surface area (Å²) >= 11 is 5.46. The van der Waals surface area contributed by atoms with E-state index >= 15 is 0 Å². The van der Waals surface area contributed by atoms with Gasteiger partial charge in [-0.2, -0.15) is 24.4 Å². The molecule has 0 aromatic carbocycles. The molecule has 10 heavy (non-hydrogen) atoms. The fourth-order valence-electron chi connectivity index (χ4n) is 0.883. The van der Waals surface area contributed by atoms with Crippen molar-refractivity contribution in [1.82, 2.24) is 0 Å². The second-order valence-corrected chi connectivity index (χ2v) is 4.12. The molecule has 1 aliphatic carbocycles. The maximum Gasteiger partial charge on any atom is 0.143 e. The molecule has 1 fully saturated rings. The Kier molecular flexibility index (Phi) is 3.30. The molecule has 0 aromatic heterocycles. The molecular formula is C6H10F2S2. The van der Waals surface area contributed by atoms with Gasteiger partial charge in [0, 0.05) is 11.0 Å². The third-order valence-electron chi connectivity index (χ3n) is 1.58. The van der Waals surface area contributed by atoms with Gasteiger partial charge in [0.15, 0.2) is 0 Å². The molecule has 0 heterocycles. The molecule has 0 spiro atoms. The van der Waals surface area contributed by atoms with Crippen LogP contribution < -0.4 is 0 Å². The van der Waals surface area contributed by atoms with Gasteiger partial charge in [0.1, 0.15) is 12.3 Å². The molecule has 2 unspecified atom stereocenters. The van der Waals surface area contributed by atoms with Crippen molar-refractivity contribution in [3.63, 3.8) is 0 Å². The molecule has 0 nitrogen and oxygen atoms in total. The lowest BCUT2D eigenvalue weighted by Crippen LogP contribution is -2.43. The van der Waals surface area contributed by atoms with Crippen LogP contribution in [-0.2, 0) is 0 Å². The summed E-state index contributed by atoms with van der Waals surface area (Å²) in [5.74, 6) is 1.56. The molecule has 0 N–H and O–H groups in total. The molecule has 0 aliphatic heterocycles. The molecule has 0 radical (unpaired) electrons. The Balaban J connectivity index is 2.08. The maximum atomic E-state index is 12.5. The largest absolute Gasteiger partial charge is 0.244 e. The highest BCUT2D eigenvalue weighted by molar-refractivity contribution is 8.00. The first kappa shape index (κ1) is 8.65. The Hall–Kier alpha value is 0.560. The van der Waals surface area contributed by atoms with Crippen LogP contribution in [-0.4, -0.2) is 29.1 Å². The Bertz CT molecular complexity index is 110. The molecule has 60 valence electrons. The topological polar surface area (TPSA) is 0 Å². The number of hydrogen-bond donors (Lipinski definition) is 1. The fraction of sp³-hybridized carbons (Fsp3) is 1.00. The summed E-state index contributed by atoms with van der Waals surface area (Å²) in [4.78, 5) is 0. The highest BCUT2D eigenvalue weighted by Crippen LogP contribution is 2.36. The van der Waals surface area contributed by atoms with Gasteiger partial charge in [0.05, 0.1) is 0 Å². The van der Waals surface area contributed by atoms with E-state index < -0.39 is 12.3 Å². The summed E-state index contributed by atoms with van der Waals surface area (Å²) in [5.41, 5.74) is 0. The molecule has 3 atom stereocenters. The minimum atomic E-state index is -1.22. The Morgan fingerprint density at radius 1 is 1.50 bits per heavy atom. The number of alkyl halides is 2. The number of hydrogen-bond acceptors (Lipinski definition) is 2. The van der Waals surface area contributed by atoms with Gasteiger partial charge in [0.2, 0.25) is 0 Å². The second kappa shape index (κ2) is 3.81. The third-order valence-corrected chi connectivity index (χ3v) is 3.43. The van der Waals surface area contributed by atoms with Crippen molar-refractivity contribution >= 4 is 24.4 Å². The number of halogens is 2. The predicted octanol–water partition coefficient (Wildman–Crippen LogP) is 2.10. The molecule has 1 rings (SSSR count). The maximum absolute atomic E-state index is 12.5. The quantitative estimate of drug-likeness (QED) is 0.655. The van der Waals surface area contributed by atoms with Crippen molar-refractivity contribution < 1.29 is 8.78 Å². The minimum Gasteiger partial charge on any atom is -0.244 e. The van der Waals surface area contributed by atoms with E-state index in [9.17, 15) is 8.78 Å². The summed E-state index contributed by atoms with van der Waals surface area (Å²) in [6.45, 7) is 0. The number of rotatable bonds is 3. The average molecular weight is 184 g/mol. The van der Waals surface area contributed by atoms with E-state index in [1.54, 1.807) is 0 Å². The van der Waals surface area contributed by atoms with Gasteiger partial charge in [-0.15, -0.1) is 0 Å². The first-order chi connectivity index (χ1) is 4.75. The normalized spacial score (nSPS) is 39.3. The zero-order valence-corrected chi connectivity index (χ0v) is 7.18. The van der Waals surface area contributed by atoms with Crippen LogP contribution in [0, 0.1) is 0 Å². The molecule has 0 saturated heterocycles. The highest BCUT2D eigenvalue weighted by Gasteiger charge is 2.41. The molecule has 0 aromatic rings. The van der Waals surface area contributed by atoms with Gasteiger partial charge < -0.3 is 0 Å². The lowest BCUT2D eigenvalue weighted by atomic mass is 9.94. The predicted molar refractivity (Wildman–Crippen MR) is 44.5 cm³/mol. The van der Waals surface area contributed by atoms with Crippen LogP contribution in [0.5, 0.6) is 0 Å². The zero-order chi connectivity index (χ0) is 7.56. The monoisotopic (exact) mass is 184 g/mol. The van der Waals surface area contributed by atoms with Crippen molar-refractivity contribution in [2.24, 2.45) is 0 Å². The van der Waals surface area contributed by atoms with Crippen LogP contribution in [0.2, 0.25) is 0 Å².